The van der Waals surface area contributed by atoms with E-state index in [2.05, 4.69) is 51.8 Å². The summed E-state index contributed by atoms with van der Waals surface area (Å²) in [5.74, 6) is 0.905. The molecule has 3 nitrogen and oxygen atoms in total. The first-order valence-corrected chi connectivity index (χ1v) is 7.96. The number of aromatic nitrogens is 1. The molecule has 0 saturated heterocycles. The first-order valence-electron chi connectivity index (χ1n) is 7.08. The number of nitrogens with zero attached hydrogens (tertiary/aromatic N) is 1. The van der Waals surface area contributed by atoms with Gasteiger partial charge in [-0.25, -0.2) is 0 Å². The van der Waals surface area contributed by atoms with Crippen LogP contribution in [-0.4, -0.2) is 11.7 Å². The zero-order chi connectivity index (χ0) is 14.2. The van der Waals surface area contributed by atoms with Gasteiger partial charge in [-0.15, -0.1) is 11.3 Å². The average molecular weight is 297 g/mol. The number of hydrogen-bond donors (Lipinski definition) is 1. The van der Waals surface area contributed by atoms with Crippen molar-refractivity contribution in [3.05, 3.63) is 70.2 Å². The molecule has 1 unspecified atom stereocenters. The van der Waals surface area contributed by atoms with E-state index < -0.39 is 0 Å². The third-order valence-corrected chi connectivity index (χ3v) is 5.03. The molecule has 2 N–H and O–H groups in total. The summed E-state index contributed by atoms with van der Waals surface area (Å²) >= 11 is 1.84. The molecular weight excluding hydrogens is 280 g/mol. The van der Waals surface area contributed by atoms with E-state index in [0.29, 0.717) is 6.04 Å². The van der Waals surface area contributed by atoms with Crippen LogP contribution < -0.4 is 10.1 Å². The summed E-state index contributed by atoms with van der Waals surface area (Å²) in [5.41, 5.74) is 3.97. The van der Waals surface area contributed by atoms with Crippen molar-refractivity contribution in [3.8, 4) is 11.4 Å². The predicted octanol–water partition coefficient (Wildman–Crippen LogP) is 2.71. The molecule has 3 aromatic rings. The smallest absolute Gasteiger partial charge is 0.153 e. The van der Waals surface area contributed by atoms with Crippen LogP contribution in [0.3, 0.4) is 0 Å². The molecule has 4 heteroatoms. The van der Waals surface area contributed by atoms with Gasteiger partial charge < -0.3 is 14.6 Å². The van der Waals surface area contributed by atoms with Crippen LogP contribution in [0.25, 0.3) is 5.69 Å². The molecule has 1 atom stereocenters. The molecule has 0 amide bonds. The van der Waals surface area contributed by atoms with E-state index in [-0.39, 0.29) is 0 Å². The third kappa shape index (κ3) is 2.07. The Bertz CT molecular complexity index is 757. The molecule has 1 aliphatic rings. The van der Waals surface area contributed by atoms with E-state index in [9.17, 15) is 0 Å². The highest BCUT2D eigenvalue weighted by molar-refractivity contribution is 7.10. The van der Waals surface area contributed by atoms with Crippen LogP contribution >= 0.6 is 11.3 Å². The van der Waals surface area contributed by atoms with Crippen LogP contribution in [0.1, 0.15) is 22.2 Å². The number of ether oxygens (including phenoxy) is 1. The second kappa shape index (κ2) is 5.06. The van der Waals surface area contributed by atoms with Gasteiger partial charge in [0.1, 0.15) is 12.3 Å². The first-order chi connectivity index (χ1) is 10.4. The third-order valence-electron chi connectivity index (χ3n) is 4.09. The molecule has 21 heavy (non-hydrogen) atoms. The Labute approximate surface area is 127 Å². The molecule has 0 aliphatic carbocycles. The van der Waals surface area contributed by atoms with Crippen molar-refractivity contribution < 1.29 is 10.1 Å². The van der Waals surface area contributed by atoms with Crippen molar-refractivity contribution in [2.24, 2.45) is 0 Å². The summed E-state index contributed by atoms with van der Waals surface area (Å²) in [6.07, 6.45) is 2.16. The van der Waals surface area contributed by atoms with Crippen molar-refractivity contribution in [2.75, 3.05) is 7.11 Å². The second-order valence-electron chi connectivity index (χ2n) is 5.22. The number of fused-ring (bicyclic) bond motifs is 3. The van der Waals surface area contributed by atoms with Gasteiger partial charge in [0.2, 0.25) is 0 Å². The Kier molecular flexibility index (Phi) is 3.05. The Morgan fingerprint density at radius 1 is 1.19 bits per heavy atom. The van der Waals surface area contributed by atoms with Crippen molar-refractivity contribution in [1.82, 2.24) is 4.57 Å². The largest absolute Gasteiger partial charge is 0.497 e. The Morgan fingerprint density at radius 3 is 2.86 bits per heavy atom. The van der Waals surface area contributed by atoms with E-state index >= 15 is 0 Å². The highest BCUT2D eigenvalue weighted by Gasteiger charge is 2.26. The zero-order valence-corrected chi connectivity index (χ0v) is 12.6. The maximum atomic E-state index is 5.26. The summed E-state index contributed by atoms with van der Waals surface area (Å²) in [6, 6.07) is 15.3. The Morgan fingerprint density at radius 2 is 2.05 bits per heavy atom. The number of rotatable bonds is 2. The Hall–Kier alpha value is -2.04. The van der Waals surface area contributed by atoms with Gasteiger partial charge in [-0.05, 0) is 47.8 Å². The van der Waals surface area contributed by atoms with Crippen LogP contribution in [0.15, 0.2) is 54.0 Å². The molecule has 2 aromatic heterocycles. The molecule has 1 aromatic carbocycles. The monoisotopic (exact) mass is 297 g/mol. The lowest BCUT2D eigenvalue weighted by atomic mass is 10.0. The van der Waals surface area contributed by atoms with Crippen molar-refractivity contribution >= 4 is 11.3 Å². The maximum absolute atomic E-state index is 5.26. The number of methoxy groups -OCH3 is 1. The number of nitrogens with two attached hydrogens (primary N) is 1. The summed E-state index contributed by atoms with van der Waals surface area (Å²) < 4.78 is 7.58. The van der Waals surface area contributed by atoms with Crippen LogP contribution in [0.4, 0.5) is 0 Å². The fraction of sp³-hybridized carbons (Fsp3) is 0.176. The van der Waals surface area contributed by atoms with Crippen LogP contribution in [0, 0.1) is 0 Å². The predicted molar refractivity (Wildman–Crippen MR) is 84.1 cm³/mol. The number of benzene rings is 1. The summed E-state index contributed by atoms with van der Waals surface area (Å²) in [7, 11) is 1.70. The summed E-state index contributed by atoms with van der Waals surface area (Å²) in [5, 5.41) is 4.59. The molecule has 4 rings (SSSR count). The highest BCUT2D eigenvalue weighted by Crippen LogP contribution is 2.29. The lowest BCUT2D eigenvalue weighted by Gasteiger charge is -2.15. The highest BCUT2D eigenvalue weighted by atomic mass is 32.1. The molecule has 0 bridgehead atoms. The van der Waals surface area contributed by atoms with Crippen molar-refractivity contribution in [1.29, 1.82) is 0 Å². The lowest BCUT2D eigenvalue weighted by molar-refractivity contribution is -0.701. The van der Waals surface area contributed by atoms with Gasteiger partial charge in [0.05, 0.1) is 23.4 Å². The van der Waals surface area contributed by atoms with E-state index in [0.717, 1.165) is 12.3 Å². The zero-order valence-electron chi connectivity index (χ0n) is 11.8. The topological polar surface area (TPSA) is 30.8 Å². The molecule has 106 valence electrons. The van der Waals surface area contributed by atoms with Crippen molar-refractivity contribution in [3.63, 3.8) is 0 Å². The summed E-state index contributed by atoms with van der Waals surface area (Å²) in [6.45, 7) is 1.02. The van der Waals surface area contributed by atoms with Crippen LogP contribution in [0.2, 0.25) is 0 Å². The van der Waals surface area contributed by atoms with E-state index in [1.54, 1.807) is 7.11 Å². The fourth-order valence-corrected chi connectivity index (χ4v) is 3.87. The minimum atomic E-state index is 0.325. The van der Waals surface area contributed by atoms with Gasteiger partial charge in [0.15, 0.2) is 6.04 Å². The Balaban J connectivity index is 1.79. The van der Waals surface area contributed by atoms with Crippen molar-refractivity contribution in [2.45, 2.75) is 12.6 Å². The SMILES string of the molecule is COc1ccc(C2[NH2+]Cc3sccc3-n3cccc32)cc1. The maximum Gasteiger partial charge on any atom is 0.153 e. The second-order valence-corrected chi connectivity index (χ2v) is 6.22. The number of quaternary nitrogens is 1. The van der Waals surface area contributed by atoms with Gasteiger partial charge in [0, 0.05) is 11.8 Å². The molecule has 0 fully saturated rings. The normalized spacial score (nSPS) is 16.9. The van der Waals surface area contributed by atoms with Gasteiger partial charge in [-0.2, -0.15) is 0 Å². The average Bonchev–Trinajstić information content (AvgIpc) is 3.15. The molecule has 3 heterocycles. The number of hydrogen-bond acceptors (Lipinski definition) is 2. The van der Waals surface area contributed by atoms with Gasteiger partial charge in [-0.3, -0.25) is 0 Å². The van der Waals surface area contributed by atoms with E-state index in [4.69, 9.17) is 4.74 Å². The minimum absolute atomic E-state index is 0.325. The van der Waals surface area contributed by atoms with Gasteiger partial charge in [0.25, 0.3) is 0 Å². The number of thiophene rings is 1. The molecule has 0 radical (unpaired) electrons. The standard InChI is InChI=1S/C17H16N2OS/c1-20-13-6-4-12(5-7-13)17-15-3-2-9-19(15)14-8-10-21-16(14)11-18-17/h2-10,17-18H,11H2,1H3/p+1. The summed E-state index contributed by atoms with van der Waals surface area (Å²) in [4.78, 5) is 1.43. The minimum Gasteiger partial charge on any atom is -0.497 e. The molecule has 1 aliphatic heterocycles. The van der Waals surface area contributed by atoms with Gasteiger partial charge >= 0.3 is 0 Å². The van der Waals surface area contributed by atoms with E-state index in [1.807, 2.05) is 23.5 Å². The molecule has 0 saturated carbocycles. The van der Waals surface area contributed by atoms with Crippen LogP contribution in [-0.2, 0) is 6.54 Å². The quantitative estimate of drug-likeness (QED) is 0.774. The lowest BCUT2D eigenvalue weighted by Crippen LogP contribution is -2.83. The fourth-order valence-electron chi connectivity index (χ4n) is 3.03. The van der Waals surface area contributed by atoms with Crippen LogP contribution in [0.5, 0.6) is 5.75 Å². The molecular formula is C17H17N2OS+. The first kappa shape index (κ1) is 12.7. The van der Waals surface area contributed by atoms with E-state index in [1.165, 1.54) is 21.8 Å². The molecule has 0 spiro atoms. The van der Waals surface area contributed by atoms with Gasteiger partial charge in [-0.1, -0.05) is 0 Å².